The minimum Gasteiger partial charge on any atom is -0.496 e. The molecule has 2 aromatic rings. The standard InChI is InChI=1S/C14H10BrF2NO2/c1-20-12-6-5-8(7-9(12)15)14(19)18-13-10(16)3-2-4-11(13)17/h2-7H,1H3,(H,18,19). The number of hydrogen-bond donors (Lipinski definition) is 1. The predicted octanol–water partition coefficient (Wildman–Crippen LogP) is 3.99. The molecule has 0 radical (unpaired) electrons. The highest BCUT2D eigenvalue weighted by Crippen LogP contribution is 2.26. The molecule has 104 valence electrons. The van der Waals surface area contributed by atoms with Crippen molar-refractivity contribution in [2.24, 2.45) is 0 Å². The average molecular weight is 342 g/mol. The maximum Gasteiger partial charge on any atom is 0.255 e. The lowest BCUT2D eigenvalue weighted by Gasteiger charge is -2.09. The molecule has 6 heteroatoms. The van der Waals surface area contributed by atoms with Crippen molar-refractivity contribution in [3.63, 3.8) is 0 Å². The second-order valence-corrected chi connectivity index (χ2v) is 4.75. The van der Waals surface area contributed by atoms with Crippen LogP contribution in [0.25, 0.3) is 0 Å². The average Bonchev–Trinajstić information content (AvgIpc) is 2.42. The summed E-state index contributed by atoms with van der Waals surface area (Å²) in [6, 6.07) is 7.96. The molecule has 0 fully saturated rings. The van der Waals surface area contributed by atoms with Gasteiger partial charge in [-0.2, -0.15) is 0 Å². The first kappa shape index (κ1) is 14.5. The smallest absolute Gasteiger partial charge is 0.255 e. The van der Waals surface area contributed by atoms with Gasteiger partial charge >= 0.3 is 0 Å². The molecule has 1 amide bonds. The Morgan fingerprint density at radius 1 is 1.20 bits per heavy atom. The van der Waals surface area contributed by atoms with Gasteiger partial charge in [-0.1, -0.05) is 6.07 Å². The number of ether oxygens (including phenoxy) is 1. The zero-order valence-electron chi connectivity index (χ0n) is 10.4. The number of hydrogen-bond acceptors (Lipinski definition) is 2. The van der Waals surface area contributed by atoms with E-state index in [9.17, 15) is 13.6 Å². The van der Waals surface area contributed by atoms with Crippen LogP contribution in [0.1, 0.15) is 10.4 Å². The molecule has 1 N–H and O–H groups in total. The number of benzene rings is 2. The van der Waals surface area contributed by atoms with Gasteiger partial charge in [0.25, 0.3) is 5.91 Å². The zero-order valence-corrected chi connectivity index (χ0v) is 12.0. The Morgan fingerprint density at radius 3 is 2.40 bits per heavy atom. The number of carbonyl (C=O) groups is 1. The van der Waals surface area contributed by atoms with Crippen LogP contribution in [0.4, 0.5) is 14.5 Å². The van der Waals surface area contributed by atoms with Gasteiger partial charge in [0.1, 0.15) is 23.1 Å². The lowest BCUT2D eigenvalue weighted by Crippen LogP contribution is -2.14. The van der Waals surface area contributed by atoms with Crippen LogP contribution in [0.15, 0.2) is 40.9 Å². The molecule has 0 aliphatic carbocycles. The van der Waals surface area contributed by atoms with Crippen LogP contribution in [-0.4, -0.2) is 13.0 Å². The number of halogens is 3. The monoisotopic (exact) mass is 341 g/mol. The van der Waals surface area contributed by atoms with E-state index < -0.39 is 23.2 Å². The number of para-hydroxylation sites is 1. The van der Waals surface area contributed by atoms with Crippen molar-refractivity contribution < 1.29 is 18.3 Å². The highest BCUT2D eigenvalue weighted by Gasteiger charge is 2.14. The van der Waals surface area contributed by atoms with Gasteiger partial charge in [0.15, 0.2) is 0 Å². The first-order valence-corrected chi connectivity index (χ1v) is 6.41. The summed E-state index contributed by atoms with van der Waals surface area (Å²) in [5.74, 6) is -1.71. The lowest BCUT2D eigenvalue weighted by atomic mass is 10.2. The summed E-state index contributed by atoms with van der Waals surface area (Å²) < 4.78 is 32.5. The van der Waals surface area contributed by atoms with Gasteiger partial charge in [0.05, 0.1) is 11.6 Å². The molecule has 3 nitrogen and oxygen atoms in total. The van der Waals surface area contributed by atoms with Crippen LogP contribution in [0.3, 0.4) is 0 Å². The summed E-state index contributed by atoms with van der Waals surface area (Å²) in [6.45, 7) is 0. The quantitative estimate of drug-likeness (QED) is 0.916. The Hall–Kier alpha value is -1.95. The Morgan fingerprint density at radius 2 is 1.85 bits per heavy atom. The van der Waals surface area contributed by atoms with E-state index in [1.807, 2.05) is 0 Å². The third-order valence-electron chi connectivity index (χ3n) is 2.62. The zero-order chi connectivity index (χ0) is 14.7. The molecule has 0 atom stereocenters. The molecule has 2 rings (SSSR count). The molecule has 0 unspecified atom stereocenters. The van der Waals surface area contributed by atoms with E-state index in [2.05, 4.69) is 21.2 Å². The summed E-state index contributed by atoms with van der Waals surface area (Å²) in [7, 11) is 1.49. The van der Waals surface area contributed by atoms with Crippen LogP contribution in [-0.2, 0) is 0 Å². The van der Waals surface area contributed by atoms with Crippen LogP contribution in [0.5, 0.6) is 5.75 Å². The van der Waals surface area contributed by atoms with Gasteiger partial charge in [0, 0.05) is 5.56 Å². The summed E-state index contributed by atoms with van der Waals surface area (Å²) in [6.07, 6.45) is 0. The highest BCUT2D eigenvalue weighted by molar-refractivity contribution is 9.10. The molecule has 0 aliphatic rings. The third-order valence-corrected chi connectivity index (χ3v) is 3.23. The Bertz CT molecular complexity index is 641. The topological polar surface area (TPSA) is 38.3 Å². The SMILES string of the molecule is COc1ccc(C(=O)Nc2c(F)cccc2F)cc1Br. The summed E-state index contributed by atoms with van der Waals surface area (Å²) in [5, 5.41) is 2.21. The Kier molecular flexibility index (Phi) is 4.34. The van der Waals surface area contributed by atoms with E-state index in [1.54, 1.807) is 6.07 Å². The summed E-state index contributed by atoms with van der Waals surface area (Å²) >= 11 is 3.24. The van der Waals surface area contributed by atoms with E-state index in [1.165, 1.54) is 25.3 Å². The van der Waals surface area contributed by atoms with E-state index in [4.69, 9.17) is 4.74 Å². The fourth-order valence-electron chi connectivity index (χ4n) is 1.61. The molecule has 0 spiro atoms. The van der Waals surface area contributed by atoms with Crippen molar-refractivity contribution in [2.45, 2.75) is 0 Å². The first-order chi connectivity index (χ1) is 9.52. The van der Waals surface area contributed by atoms with Crippen molar-refractivity contribution in [2.75, 3.05) is 12.4 Å². The van der Waals surface area contributed by atoms with E-state index in [0.717, 1.165) is 12.1 Å². The van der Waals surface area contributed by atoms with Crippen molar-refractivity contribution in [1.82, 2.24) is 0 Å². The molecular formula is C14H10BrF2NO2. The number of amides is 1. The van der Waals surface area contributed by atoms with Crippen molar-refractivity contribution >= 4 is 27.5 Å². The van der Waals surface area contributed by atoms with E-state index in [-0.39, 0.29) is 5.56 Å². The Labute approximate surface area is 122 Å². The highest BCUT2D eigenvalue weighted by atomic mass is 79.9. The molecule has 0 saturated carbocycles. The minimum atomic E-state index is -0.828. The molecular weight excluding hydrogens is 332 g/mol. The van der Waals surface area contributed by atoms with Crippen molar-refractivity contribution in [3.05, 3.63) is 58.1 Å². The van der Waals surface area contributed by atoms with Gasteiger partial charge in [-0.3, -0.25) is 4.79 Å². The third kappa shape index (κ3) is 2.96. The van der Waals surface area contributed by atoms with Gasteiger partial charge in [0.2, 0.25) is 0 Å². The number of anilines is 1. The second kappa shape index (κ2) is 6.00. The molecule has 20 heavy (non-hydrogen) atoms. The van der Waals surface area contributed by atoms with Gasteiger partial charge < -0.3 is 10.1 Å². The lowest BCUT2D eigenvalue weighted by molar-refractivity contribution is 0.102. The van der Waals surface area contributed by atoms with Gasteiger partial charge in [-0.05, 0) is 46.3 Å². The minimum absolute atomic E-state index is 0.250. The van der Waals surface area contributed by atoms with Gasteiger partial charge in [-0.15, -0.1) is 0 Å². The largest absolute Gasteiger partial charge is 0.496 e. The van der Waals surface area contributed by atoms with Gasteiger partial charge in [-0.25, -0.2) is 8.78 Å². The molecule has 0 aliphatic heterocycles. The second-order valence-electron chi connectivity index (χ2n) is 3.90. The number of rotatable bonds is 3. The summed E-state index contributed by atoms with van der Waals surface area (Å²) in [4.78, 5) is 12.0. The van der Waals surface area contributed by atoms with Crippen LogP contribution in [0, 0.1) is 11.6 Å². The number of carbonyl (C=O) groups excluding carboxylic acids is 1. The fourth-order valence-corrected chi connectivity index (χ4v) is 2.15. The summed E-state index contributed by atoms with van der Waals surface area (Å²) in [5.41, 5.74) is -0.218. The normalized spacial score (nSPS) is 10.2. The maximum absolute atomic E-state index is 13.4. The maximum atomic E-state index is 13.4. The first-order valence-electron chi connectivity index (χ1n) is 5.62. The van der Waals surface area contributed by atoms with Crippen molar-refractivity contribution in [1.29, 1.82) is 0 Å². The van der Waals surface area contributed by atoms with Crippen LogP contribution >= 0.6 is 15.9 Å². The van der Waals surface area contributed by atoms with Crippen molar-refractivity contribution in [3.8, 4) is 5.75 Å². The predicted molar refractivity (Wildman–Crippen MR) is 75.0 cm³/mol. The molecule has 0 aromatic heterocycles. The Balaban J connectivity index is 2.26. The number of methoxy groups -OCH3 is 1. The van der Waals surface area contributed by atoms with E-state index >= 15 is 0 Å². The molecule has 0 bridgehead atoms. The van der Waals surface area contributed by atoms with E-state index in [0.29, 0.717) is 10.2 Å². The van der Waals surface area contributed by atoms with Crippen LogP contribution < -0.4 is 10.1 Å². The fraction of sp³-hybridized carbons (Fsp3) is 0.0714. The molecule has 2 aromatic carbocycles. The number of nitrogens with one attached hydrogen (secondary N) is 1. The van der Waals surface area contributed by atoms with Crippen LogP contribution in [0.2, 0.25) is 0 Å². The molecule has 0 heterocycles. The molecule has 0 saturated heterocycles.